The van der Waals surface area contributed by atoms with Crippen LogP contribution in [-0.4, -0.2) is 21.0 Å². The number of carbonyl (C=O) groups is 1. The molecule has 0 radical (unpaired) electrons. The maximum Gasteiger partial charge on any atom is 0.357 e. The Hall–Kier alpha value is -0.680. The molecule has 6 heteroatoms. The van der Waals surface area contributed by atoms with E-state index in [1.54, 1.807) is 0 Å². The standard InChI is InChI=1S/C5H2BrClN2O2/c6-2-1-8-4(7)3(9-2)5(10)11/h1H,(H,10,11). The van der Waals surface area contributed by atoms with Gasteiger partial charge in [-0.1, -0.05) is 11.6 Å². The van der Waals surface area contributed by atoms with E-state index in [1.165, 1.54) is 6.20 Å². The molecule has 0 spiro atoms. The van der Waals surface area contributed by atoms with E-state index in [0.29, 0.717) is 4.60 Å². The van der Waals surface area contributed by atoms with Crippen LogP contribution in [0.25, 0.3) is 0 Å². The molecule has 1 heterocycles. The fourth-order valence-electron chi connectivity index (χ4n) is 0.489. The quantitative estimate of drug-likeness (QED) is 0.805. The van der Waals surface area contributed by atoms with Crippen LogP contribution in [-0.2, 0) is 0 Å². The van der Waals surface area contributed by atoms with Gasteiger partial charge < -0.3 is 5.11 Å². The summed E-state index contributed by atoms with van der Waals surface area (Å²) in [6.07, 6.45) is 1.33. The third kappa shape index (κ3) is 1.87. The molecule has 0 saturated carbocycles. The molecule has 0 unspecified atom stereocenters. The lowest BCUT2D eigenvalue weighted by molar-refractivity contribution is 0.0690. The van der Waals surface area contributed by atoms with Gasteiger partial charge in [0.15, 0.2) is 10.8 Å². The molecule has 58 valence electrons. The summed E-state index contributed by atoms with van der Waals surface area (Å²) in [5, 5.41) is 8.37. The Balaban J connectivity index is 3.23. The number of carboxylic acid groups (broad SMARTS) is 1. The van der Waals surface area contributed by atoms with Crippen molar-refractivity contribution in [2.24, 2.45) is 0 Å². The summed E-state index contributed by atoms with van der Waals surface area (Å²) >= 11 is 8.38. The first-order valence-corrected chi connectivity index (χ1v) is 3.69. The zero-order valence-electron chi connectivity index (χ0n) is 5.08. The van der Waals surface area contributed by atoms with Gasteiger partial charge in [-0.05, 0) is 15.9 Å². The molecule has 0 amide bonds. The highest BCUT2D eigenvalue weighted by molar-refractivity contribution is 9.10. The SMILES string of the molecule is O=C(O)c1nc(Br)cnc1Cl. The van der Waals surface area contributed by atoms with Crippen LogP contribution in [0, 0.1) is 0 Å². The first kappa shape index (κ1) is 8.42. The van der Waals surface area contributed by atoms with E-state index in [2.05, 4.69) is 25.9 Å². The Morgan fingerprint density at radius 2 is 2.36 bits per heavy atom. The number of aromatic carboxylic acids is 1. The van der Waals surface area contributed by atoms with Crippen LogP contribution in [0.5, 0.6) is 0 Å². The minimum atomic E-state index is -1.19. The smallest absolute Gasteiger partial charge is 0.357 e. The van der Waals surface area contributed by atoms with Crippen LogP contribution >= 0.6 is 27.5 Å². The topological polar surface area (TPSA) is 63.1 Å². The van der Waals surface area contributed by atoms with Crippen molar-refractivity contribution >= 4 is 33.5 Å². The first-order valence-electron chi connectivity index (χ1n) is 2.52. The summed E-state index contributed by atoms with van der Waals surface area (Å²) in [5.74, 6) is -1.19. The highest BCUT2D eigenvalue weighted by Gasteiger charge is 2.11. The van der Waals surface area contributed by atoms with E-state index in [9.17, 15) is 4.79 Å². The Labute approximate surface area is 75.4 Å². The molecule has 0 atom stereocenters. The van der Waals surface area contributed by atoms with Crippen molar-refractivity contribution < 1.29 is 9.90 Å². The lowest BCUT2D eigenvalue weighted by Gasteiger charge is -1.95. The van der Waals surface area contributed by atoms with E-state index >= 15 is 0 Å². The molecule has 4 nitrogen and oxygen atoms in total. The van der Waals surface area contributed by atoms with Crippen LogP contribution in [0.2, 0.25) is 5.15 Å². The van der Waals surface area contributed by atoms with Gasteiger partial charge in [0.1, 0.15) is 4.60 Å². The monoisotopic (exact) mass is 236 g/mol. The number of halogens is 2. The second kappa shape index (κ2) is 3.15. The van der Waals surface area contributed by atoms with Gasteiger partial charge in [0.2, 0.25) is 0 Å². The number of hydrogen-bond acceptors (Lipinski definition) is 3. The van der Waals surface area contributed by atoms with Crippen molar-refractivity contribution in [2.45, 2.75) is 0 Å². The number of hydrogen-bond donors (Lipinski definition) is 1. The predicted octanol–water partition coefficient (Wildman–Crippen LogP) is 1.59. The maximum atomic E-state index is 10.4. The number of aromatic nitrogens is 2. The van der Waals surface area contributed by atoms with Crippen LogP contribution < -0.4 is 0 Å². The molecule has 0 aliphatic heterocycles. The normalized spacial score (nSPS) is 9.64. The maximum absolute atomic E-state index is 10.4. The summed E-state index contributed by atoms with van der Waals surface area (Å²) < 4.78 is 0.347. The Morgan fingerprint density at radius 1 is 1.73 bits per heavy atom. The van der Waals surface area contributed by atoms with Crippen molar-refractivity contribution in [3.63, 3.8) is 0 Å². The van der Waals surface area contributed by atoms with Gasteiger partial charge in [0.25, 0.3) is 0 Å². The number of nitrogens with zero attached hydrogens (tertiary/aromatic N) is 2. The zero-order chi connectivity index (χ0) is 8.43. The molecule has 1 aromatic rings. The summed E-state index contributed by atoms with van der Waals surface area (Å²) in [6, 6.07) is 0. The highest BCUT2D eigenvalue weighted by Crippen LogP contribution is 2.13. The summed E-state index contributed by atoms with van der Waals surface area (Å²) in [6.45, 7) is 0. The number of carboxylic acids is 1. The third-order valence-corrected chi connectivity index (χ3v) is 1.56. The molecule has 1 rings (SSSR count). The van der Waals surface area contributed by atoms with Crippen molar-refractivity contribution in [3.8, 4) is 0 Å². The minimum absolute atomic E-state index is 0.110. The van der Waals surface area contributed by atoms with Crippen LogP contribution in [0.1, 0.15) is 10.5 Å². The van der Waals surface area contributed by atoms with E-state index in [1.807, 2.05) is 0 Å². The molecule has 0 aromatic carbocycles. The first-order chi connectivity index (χ1) is 5.11. The lowest BCUT2D eigenvalue weighted by Crippen LogP contribution is -2.02. The fourth-order valence-corrected chi connectivity index (χ4v) is 0.941. The van der Waals surface area contributed by atoms with E-state index in [0.717, 1.165) is 0 Å². The lowest BCUT2D eigenvalue weighted by atomic mass is 10.5. The van der Waals surface area contributed by atoms with Crippen LogP contribution in [0.15, 0.2) is 10.8 Å². The Morgan fingerprint density at radius 3 is 2.82 bits per heavy atom. The van der Waals surface area contributed by atoms with Crippen LogP contribution in [0.3, 0.4) is 0 Å². The fraction of sp³-hybridized carbons (Fsp3) is 0. The van der Waals surface area contributed by atoms with Gasteiger partial charge in [-0.15, -0.1) is 0 Å². The average Bonchev–Trinajstić information content (AvgIpc) is 1.94. The van der Waals surface area contributed by atoms with Crippen molar-refractivity contribution in [1.29, 1.82) is 0 Å². The highest BCUT2D eigenvalue weighted by atomic mass is 79.9. The molecular weight excluding hydrogens is 235 g/mol. The summed E-state index contributed by atoms with van der Waals surface area (Å²) in [5.41, 5.74) is -0.249. The molecule has 11 heavy (non-hydrogen) atoms. The summed E-state index contributed by atoms with van der Waals surface area (Å²) in [7, 11) is 0. The molecular formula is C5H2BrClN2O2. The molecule has 1 aromatic heterocycles. The second-order valence-electron chi connectivity index (χ2n) is 1.64. The molecule has 0 saturated heterocycles. The zero-order valence-corrected chi connectivity index (χ0v) is 7.43. The average molecular weight is 237 g/mol. The van der Waals surface area contributed by atoms with Crippen molar-refractivity contribution in [2.75, 3.05) is 0 Å². The van der Waals surface area contributed by atoms with Crippen molar-refractivity contribution in [1.82, 2.24) is 9.97 Å². The Bertz CT molecular complexity index is 305. The van der Waals surface area contributed by atoms with E-state index in [-0.39, 0.29) is 10.8 Å². The van der Waals surface area contributed by atoms with Crippen LogP contribution in [0.4, 0.5) is 0 Å². The molecule has 1 N–H and O–H groups in total. The van der Waals surface area contributed by atoms with Gasteiger partial charge >= 0.3 is 5.97 Å². The van der Waals surface area contributed by atoms with Gasteiger partial charge in [0, 0.05) is 0 Å². The van der Waals surface area contributed by atoms with Gasteiger partial charge in [0.05, 0.1) is 6.20 Å². The molecule has 0 fully saturated rings. The predicted molar refractivity (Wildman–Crippen MR) is 41.7 cm³/mol. The third-order valence-electron chi connectivity index (χ3n) is 0.901. The largest absolute Gasteiger partial charge is 0.476 e. The second-order valence-corrected chi connectivity index (χ2v) is 2.81. The molecule has 0 bridgehead atoms. The molecule has 0 aliphatic rings. The summed E-state index contributed by atoms with van der Waals surface area (Å²) in [4.78, 5) is 17.5. The van der Waals surface area contributed by atoms with Gasteiger partial charge in [-0.2, -0.15) is 0 Å². The minimum Gasteiger partial charge on any atom is -0.476 e. The van der Waals surface area contributed by atoms with Crippen molar-refractivity contribution in [3.05, 3.63) is 21.6 Å². The van der Waals surface area contributed by atoms with E-state index < -0.39 is 5.97 Å². The van der Waals surface area contributed by atoms with E-state index in [4.69, 9.17) is 16.7 Å². The van der Waals surface area contributed by atoms with Gasteiger partial charge in [-0.3, -0.25) is 0 Å². The molecule has 0 aliphatic carbocycles. The van der Waals surface area contributed by atoms with Gasteiger partial charge in [-0.25, -0.2) is 14.8 Å². The number of rotatable bonds is 1. The Kier molecular flexibility index (Phi) is 2.41.